The van der Waals surface area contributed by atoms with Gasteiger partial charge in [-0.05, 0) is 67.4 Å². The van der Waals surface area contributed by atoms with E-state index in [0.717, 1.165) is 47.6 Å². The Labute approximate surface area is 168 Å². The molecule has 2 aromatic carbocycles. The van der Waals surface area contributed by atoms with Gasteiger partial charge in [-0.15, -0.1) is 0 Å². The molecule has 0 fully saturated rings. The zero-order chi connectivity index (χ0) is 19.1. The maximum Gasteiger partial charge on any atom is 0.141 e. The van der Waals surface area contributed by atoms with E-state index in [-0.39, 0.29) is 5.02 Å². The first-order valence-electron chi connectivity index (χ1n) is 9.07. The minimum atomic E-state index is -0.397. The van der Waals surface area contributed by atoms with Crippen LogP contribution in [0.1, 0.15) is 23.7 Å². The zero-order valence-electron chi connectivity index (χ0n) is 15.4. The van der Waals surface area contributed by atoms with Crippen molar-refractivity contribution in [1.82, 2.24) is 9.47 Å². The predicted molar refractivity (Wildman–Crippen MR) is 113 cm³/mol. The molecule has 1 aliphatic rings. The highest BCUT2D eigenvalue weighted by Crippen LogP contribution is 2.33. The van der Waals surface area contributed by atoms with Crippen molar-refractivity contribution in [2.24, 2.45) is 0 Å². The van der Waals surface area contributed by atoms with Gasteiger partial charge >= 0.3 is 0 Å². The van der Waals surface area contributed by atoms with Gasteiger partial charge in [-0.25, -0.2) is 4.39 Å². The fourth-order valence-electron chi connectivity index (χ4n) is 3.82. The second-order valence-electron chi connectivity index (χ2n) is 7.20. The van der Waals surface area contributed by atoms with E-state index in [9.17, 15) is 4.39 Å². The van der Waals surface area contributed by atoms with Crippen LogP contribution in [-0.4, -0.2) is 29.6 Å². The Hall–Kier alpha value is -1.81. The molecule has 4 rings (SSSR count). The van der Waals surface area contributed by atoms with Gasteiger partial charge in [0, 0.05) is 41.8 Å². The molecule has 0 atom stereocenters. The lowest BCUT2D eigenvalue weighted by Gasteiger charge is -2.13. The molecule has 140 valence electrons. The molecule has 0 unspecified atom stereocenters. The first-order valence-corrected chi connectivity index (χ1v) is 9.83. The van der Waals surface area contributed by atoms with Gasteiger partial charge in [-0.3, -0.25) is 0 Å². The molecule has 1 aliphatic heterocycles. The average Bonchev–Trinajstić information content (AvgIpc) is 2.78. The minimum absolute atomic E-state index is 0.143. The standard InChI is InChI=1S/C22H21Cl2FN2/c1-14(15-3-5-20(25)19(24)11-15)13-27-21-6-4-16(23)12-18(21)17-7-9-26(2)10-8-22(17)27/h3-6,11-13H,7-10H2,1-2H3/b14-13+. The summed E-state index contributed by atoms with van der Waals surface area (Å²) in [5, 5.41) is 2.12. The van der Waals surface area contributed by atoms with Gasteiger partial charge in [0.15, 0.2) is 0 Å². The molecule has 3 aromatic rings. The second-order valence-corrected chi connectivity index (χ2v) is 8.04. The number of hydrogen-bond acceptors (Lipinski definition) is 1. The topological polar surface area (TPSA) is 8.17 Å². The van der Waals surface area contributed by atoms with Gasteiger partial charge in [0.05, 0.1) is 10.5 Å². The molecule has 0 spiro atoms. The highest BCUT2D eigenvalue weighted by molar-refractivity contribution is 6.31. The van der Waals surface area contributed by atoms with E-state index < -0.39 is 5.82 Å². The third-order valence-corrected chi connectivity index (χ3v) is 5.88. The SMILES string of the molecule is C/C(=C\n1c2c(c3cc(Cl)ccc31)CCN(C)CC2)c1ccc(F)c(Cl)c1. The van der Waals surface area contributed by atoms with Crippen LogP contribution in [0, 0.1) is 5.82 Å². The maximum atomic E-state index is 13.5. The highest BCUT2D eigenvalue weighted by atomic mass is 35.5. The van der Waals surface area contributed by atoms with Gasteiger partial charge in [-0.2, -0.15) is 0 Å². The first kappa shape index (κ1) is 18.5. The van der Waals surface area contributed by atoms with Gasteiger partial charge in [0.1, 0.15) is 5.82 Å². The van der Waals surface area contributed by atoms with Crippen molar-refractivity contribution in [2.45, 2.75) is 19.8 Å². The van der Waals surface area contributed by atoms with Crippen LogP contribution in [0.3, 0.4) is 0 Å². The Morgan fingerprint density at radius 3 is 2.63 bits per heavy atom. The molecule has 0 radical (unpaired) electrons. The van der Waals surface area contributed by atoms with E-state index in [1.165, 1.54) is 22.7 Å². The summed E-state index contributed by atoms with van der Waals surface area (Å²) in [5.41, 5.74) is 5.80. The lowest BCUT2D eigenvalue weighted by Crippen LogP contribution is -2.21. The second kappa shape index (κ2) is 7.31. The Bertz CT molecular complexity index is 1050. The summed E-state index contributed by atoms with van der Waals surface area (Å²) in [6, 6.07) is 10.9. The van der Waals surface area contributed by atoms with Gasteiger partial charge < -0.3 is 9.47 Å². The van der Waals surface area contributed by atoms with Crippen LogP contribution in [0.2, 0.25) is 10.0 Å². The molecule has 2 nitrogen and oxygen atoms in total. The summed E-state index contributed by atoms with van der Waals surface area (Å²) in [5.74, 6) is -0.397. The molecule has 2 heterocycles. The van der Waals surface area contributed by atoms with Crippen molar-refractivity contribution >= 4 is 45.9 Å². The molecule has 0 amide bonds. The monoisotopic (exact) mass is 402 g/mol. The lowest BCUT2D eigenvalue weighted by molar-refractivity contribution is 0.351. The molecule has 5 heteroatoms. The number of nitrogens with zero attached hydrogens (tertiary/aromatic N) is 2. The summed E-state index contributed by atoms with van der Waals surface area (Å²) >= 11 is 12.3. The minimum Gasteiger partial charge on any atom is -0.320 e. The maximum absolute atomic E-state index is 13.5. The summed E-state index contributed by atoms with van der Waals surface area (Å²) in [6.07, 6.45) is 4.11. The van der Waals surface area contributed by atoms with E-state index in [4.69, 9.17) is 23.2 Å². The Morgan fingerprint density at radius 1 is 1.07 bits per heavy atom. The average molecular weight is 403 g/mol. The fourth-order valence-corrected chi connectivity index (χ4v) is 4.18. The van der Waals surface area contributed by atoms with Crippen molar-refractivity contribution in [3.05, 3.63) is 69.1 Å². The molecule has 0 bridgehead atoms. The quantitative estimate of drug-likeness (QED) is 0.499. The summed E-state index contributed by atoms with van der Waals surface area (Å²) < 4.78 is 15.8. The molecule has 27 heavy (non-hydrogen) atoms. The van der Waals surface area contributed by atoms with Crippen LogP contribution >= 0.6 is 23.2 Å². The van der Waals surface area contributed by atoms with Crippen molar-refractivity contribution in [1.29, 1.82) is 0 Å². The fraction of sp³-hybridized carbons (Fsp3) is 0.273. The molecular weight excluding hydrogens is 382 g/mol. The Morgan fingerprint density at radius 2 is 1.85 bits per heavy atom. The van der Waals surface area contributed by atoms with Crippen molar-refractivity contribution in [3.8, 4) is 0 Å². The van der Waals surface area contributed by atoms with E-state index in [1.54, 1.807) is 12.1 Å². The lowest BCUT2D eigenvalue weighted by atomic mass is 10.1. The van der Waals surface area contributed by atoms with Crippen molar-refractivity contribution < 1.29 is 4.39 Å². The molecule has 0 saturated carbocycles. The van der Waals surface area contributed by atoms with E-state index in [0.29, 0.717) is 0 Å². The highest BCUT2D eigenvalue weighted by Gasteiger charge is 2.20. The number of halogens is 3. The first-order chi connectivity index (χ1) is 12.9. The smallest absolute Gasteiger partial charge is 0.141 e. The summed E-state index contributed by atoms with van der Waals surface area (Å²) in [4.78, 5) is 2.36. The number of hydrogen-bond donors (Lipinski definition) is 0. The van der Waals surface area contributed by atoms with Gasteiger partial charge in [0.2, 0.25) is 0 Å². The van der Waals surface area contributed by atoms with E-state index in [2.05, 4.69) is 34.8 Å². The molecule has 0 N–H and O–H groups in total. The Balaban J connectivity index is 1.89. The third-order valence-electron chi connectivity index (χ3n) is 5.35. The number of allylic oxidation sites excluding steroid dienone is 1. The molecule has 0 saturated heterocycles. The number of benzene rings is 2. The van der Waals surface area contributed by atoms with E-state index in [1.807, 2.05) is 13.0 Å². The van der Waals surface area contributed by atoms with Crippen LogP contribution < -0.4 is 0 Å². The van der Waals surface area contributed by atoms with Crippen LogP contribution in [0.4, 0.5) is 4.39 Å². The van der Waals surface area contributed by atoms with Crippen LogP contribution in [0.5, 0.6) is 0 Å². The third kappa shape index (κ3) is 3.52. The van der Waals surface area contributed by atoms with Crippen LogP contribution in [-0.2, 0) is 12.8 Å². The molecule has 1 aromatic heterocycles. The van der Waals surface area contributed by atoms with Crippen LogP contribution in [0.25, 0.3) is 22.7 Å². The number of rotatable bonds is 2. The van der Waals surface area contributed by atoms with Gasteiger partial charge in [0.25, 0.3) is 0 Å². The predicted octanol–water partition coefficient (Wildman–Crippen LogP) is 6.14. The number of fused-ring (bicyclic) bond motifs is 3. The molecular formula is C22H21Cl2FN2. The van der Waals surface area contributed by atoms with Crippen molar-refractivity contribution in [2.75, 3.05) is 20.1 Å². The van der Waals surface area contributed by atoms with Gasteiger partial charge in [-0.1, -0.05) is 29.3 Å². The van der Waals surface area contributed by atoms with Crippen molar-refractivity contribution in [3.63, 3.8) is 0 Å². The zero-order valence-corrected chi connectivity index (χ0v) is 16.9. The summed E-state index contributed by atoms with van der Waals surface area (Å²) in [7, 11) is 2.16. The number of aromatic nitrogens is 1. The normalized spacial score (nSPS) is 15.8. The molecule has 0 aliphatic carbocycles. The largest absolute Gasteiger partial charge is 0.320 e. The summed E-state index contributed by atoms with van der Waals surface area (Å²) in [6.45, 7) is 4.09. The van der Waals surface area contributed by atoms with Crippen LogP contribution in [0.15, 0.2) is 36.4 Å². The Kier molecular flexibility index (Phi) is 5.02. The number of likely N-dealkylation sites (N-methyl/N-ethyl adjacent to an activating group) is 1. The van der Waals surface area contributed by atoms with E-state index >= 15 is 0 Å².